The van der Waals surface area contributed by atoms with Crippen molar-refractivity contribution in [3.63, 3.8) is 0 Å². The Kier molecular flexibility index (Phi) is 7.07. The average molecular weight is 413 g/mol. The second-order valence-corrected chi connectivity index (χ2v) is 6.97. The number of carbonyl (C=O) groups is 2. The topological polar surface area (TPSA) is 49.4 Å². The summed E-state index contributed by atoms with van der Waals surface area (Å²) in [5.74, 6) is -0.942. The molecule has 0 bridgehead atoms. The van der Waals surface area contributed by atoms with Gasteiger partial charge in [-0.25, -0.2) is 0 Å². The fraction of sp³-hybridized carbons (Fsp3) is 0.300. The third kappa shape index (κ3) is 6.27. The number of halogens is 4. The minimum atomic E-state index is -4.39. The molecule has 0 heterocycles. The lowest BCUT2D eigenvalue weighted by molar-refractivity contribution is -0.137. The van der Waals surface area contributed by atoms with Crippen LogP contribution in [0.3, 0.4) is 0 Å². The molecule has 0 radical (unpaired) electrons. The Hall–Kier alpha value is -2.54. The number of nitrogens with zero attached hydrogens (tertiary/aromatic N) is 1. The summed E-state index contributed by atoms with van der Waals surface area (Å²) < 4.78 is 37.9. The van der Waals surface area contributed by atoms with Gasteiger partial charge in [0, 0.05) is 24.2 Å². The molecule has 0 aliphatic carbocycles. The van der Waals surface area contributed by atoms with E-state index in [4.69, 9.17) is 11.6 Å². The highest BCUT2D eigenvalue weighted by molar-refractivity contribution is 6.30. The molecule has 1 unspecified atom stereocenters. The van der Waals surface area contributed by atoms with Crippen LogP contribution in [-0.4, -0.2) is 30.3 Å². The summed E-state index contributed by atoms with van der Waals surface area (Å²) in [6, 6.07) is 11.4. The van der Waals surface area contributed by atoms with Crippen molar-refractivity contribution < 1.29 is 22.8 Å². The molecule has 0 aliphatic heterocycles. The van der Waals surface area contributed by atoms with Crippen LogP contribution in [-0.2, 0) is 15.8 Å². The molecule has 4 nitrogen and oxygen atoms in total. The van der Waals surface area contributed by atoms with Crippen LogP contribution in [0.1, 0.15) is 30.4 Å². The van der Waals surface area contributed by atoms with E-state index in [9.17, 15) is 22.8 Å². The molecule has 150 valence electrons. The zero-order valence-electron chi connectivity index (χ0n) is 15.4. The van der Waals surface area contributed by atoms with E-state index < -0.39 is 11.7 Å². The van der Waals surface area contributed by atoms with Gasteiger partial charge in [0.25, 0.3) is 0 Å². The van der Waals surface area contributed by atoms with Crippen molar-refractivity contribution >= 4 is 29.1 Å². The quantitative estimate of drug-likeness (QED) is 0.729. The molecule has 2 amide bonds. The third-order valence-corrected chi connectivity index (χ3v) is 4.44. The summed E-state index contributed by atoms with van der Waals surface area (Å²) in [6.07, 6.45) is -4.32. The van der Waals surface area contributed by atoms with Gasteiger partial charge in [-0.1, -0.05) is 36.7 Å². The predicted molar refractivity (Wildman–Crippen MR) is 102 cm³/mol. The van der Waals surface area contributed by atoms with E-state index >= 15 is 0 Å². The van der Waals surface area contributed by atoms with Gasteiger partial charge in [0.1, 0.15) is 0 Å². The Labute approximate surface area is 166 Å². The second-order valence-electron chi connectivity index (χ2n) is 6.53. The first-order valence-corrected chi connectivity index (χ1v) is 8.90. The number of amides is 2. The number of hydrogen-bond donors (Lipinski definition) is 1. The fourth-order valence-electron chi connectivity index (χ4n) is 2.61. The van der Waals surface area contributed by atoms with Gasteiger partial charge in [-0.3, -0.25) is 9.59 Å². The summed E-state index contributed by atoms with van der Waals surface area (Å²) >= 11 is 5.86. The molecule has 2 aromatic carbocycles. The highest BCUT2D eigenvalue weighted by atomic mass is 35.5. The molecule has 2 rings (SSSR count). The largest absolute Gasteiger partial charge is 0.416 e. The number of nitrogens with one attached hydrogen (secondary N) is 1. The first-order chi connectivity index (χ1) is 13.1. The first kappa shape index (κ1) is 21.8. The van der Waals surface area contributed by atoms with E-state index in [0.717, 1.165) is 12.1 Å². The maximum atomic E-state index is 12.6. The van der Waals surface area contributed by atoms with E-state index in [1.165, 1.54) is 24.1 Å². The zero-order chi connectivity index (χ0) is 20.9. The van der Waals surface area contributed by atoms with Gasteiger partial charge in [-0.15, -0.1) is 0 Å². The number of carbonyl (C=O) groups excluding carboxylic acids is 2. The Morgan fingerprint density at radius 2 is 1.79 bits per heavy atom. The maximum Gasteiger partial charge on any atom is 0.416 e. The molecule has 0 saturated heterocycles. The van der Waals surface area contributed by atoms with Crippen LogP contribution in [0, 0.1) is 0 Å². The van der Waals surface area contributed by atoms with Crippen LogP contribution in [0.2, 0.25) is 5.02 Å². The number of benzene rings is 2. The lowest BCUT2D eigenvalue weighted by atomic mass is 9.96. The van der Waals surface area contributed by atoms with Gasteiger partial charge in [0.2, 0.25) is 11.8 Å². The van der Waals surface area contributed by atoms with Gasteiger partial charge >= 0.3 is 6.18 Å². The van der Waals surface area contributed by atoms with Crippen molar-refractivity contribution in [3.05, 3.63) is 64.7 Å². The third-order valence-electron chi connectivity index (χ3n) is 4.20. The minimum Gasteiger partial charge on any atom is -0.336 e. The van der Waals surface area contributed by atoms with Crippen molar-refractivity contribution in [2.75, 3.05) is 18.9 Å². The summed E-state index contributed by atoms with van der Waals surface area (Å²) in [4.78, 5) is 25.7. The Bertz CT molecular complexity index is 838. The molecule has 1 N–H and O–H groups in total. The van der Waals surface area contributed by atoms with Crippen molar-refractivity contribution in [3.8, 4) is 0 Å². The smallest absolute Gasteiger partial charge is 0.336 e. The Morgan fingerprint density at radius 3 is 2.36 bits per heavy atom. The molecular weight excluding hydrogens is 393 g/mol. The Morgan fingerprint density at radius 1 is 1.14 bits per heavy atom. The monoisotopic (exact) mass is 412 g/mol. The number of likely N-dealkylation sites (N-methyl/N-ethyl adjacent to an activating group) is 1. The SMILES string of the molecule is CC(CC(=O)N(C)CC(=O)Nc1cccc(Cl)c1)c1ccc(C(F)(F)F)cc1. The number of hydrogen-bond acceptors (Lipinski definition) is 2. The van der Waals surface area contributed by atoms with Crippen molar-refractivity contribution in [1.82, 2.24) is 4.90 Å². The Balaban J connectivity index is 1.89. The fourth-order valence-corrected chi connectivity index (χ4v) is 2.80. The lowest BCUT2D eigenvalue weighted by Gasteiger charge is -2.20. The van der Waals surface area contributed by atoms with Crippen molar-refractivity contribution in [2.45, 2.75) is 25.4 Å². The summed E-state index contributed by atoms with van der Waals surface area (Å²) in [5.41, 5.74) is 0.416. The minimum absolute atomic E-state index is 0.0757. The van der Waals surface area contributed by atoms with Crippen LogP contribution >= 0.6 is 11.6 Å². The van der Waals surface area contributed by atoms with Crippen LogP contribution in [0.25, 0.3) is 0 Å². The van der Waals surface area contributed by atoms with E-state index in [1.807, 2.05) is 0 Å². The summed E-state index contributed by atoms with van der Waals surface area (Å²) in [5, 5.41) is 3.13. The second kappa shape index (κ2) is 9.10. The van der Waals surface area contributed by atoms with Gasteiger partial charge < -0.3 is 10.2 Å². The normalized spacial score (nSPS) is 12.4. The highest BCUT2D eigenvalue weighted by Crippen LogP contribution is 2.30. The highest BCUT2D eigenvalue weighted by Gasteiger charge is 2.30. The van der Waals surface area contributed by atoms with Crippen LogP contribution < -0.4 is 5.32 Å². The van der Waals surface area contributed by atoms with Crippen molar-refractivity contribution in [1.29, 1.82) is 0 Å². The van der Waals surface area contributed by atoms with Crippen LogP contribution in [0.4, 0.5) is 18.9 Å². The van der Waals surface area contributed by atoms with E-state index in [0.29, 0.717) is 16.3 Å². The molecule has 0 spiro atoms. The average Bonchev–Trinajstić information content (AvgIpc) is 2.60. The standard InChI is InChI=1S/C20H20ClF3N2O2/c1-13(14-6-8-15(9-7-14)20(22,23)24)10-19(28)26(2)12-18(27)25-17-5-3-4-16(21)11-17/h3-9,11,13H,10,12H2,1-2H3,(H,25,27). The van der Waals surface area contributed by atoms with E-state index in [1.54, 1.807) is 31.2 Å². The molecule has 0 saturated carbocycles. The summed E-state index contributed by atoms with van der Waals surface area (Å²) in [7, 11) is 1.50. The van der Waals surface area contributed by atoms with E-state index in [2.05, 4.69) is 5.32 Å². The van der Waals surface area contributed by atoms with Crippen molar-refractivity contribution in [2.24, 2.45) is 0 Å². The molecule has 0 aromatic heterocycles. The van der Waals surface area contributed by atoms with E-state index in [-0.39, 0.29) is 30.7 Å². The first-order valence-electron chi connectivity index (χ1n) is 8.53. The summed E-state index contributed by atoms with van der Waals surface area (Å²) in [6.45, 7) is 1.60. The van der Waals surface area contributed by atoms with Gasteiger partial charge in [-0.05, 0) is 41.8 Å². The molecule has 0 fully saturated rings. The molecule has 8 heteroatoms. The number of anilines is 1. The van der Waals surface area contributed by atoms with Gasteiger partial charge in [0.15, 0.2) is 0 Å². The molecule has 2 aromatic rings. The molecule has 1 atom stereocenters. The number of rotatable bonds is 6. The van der Waals surface area contributed by atoms with Crippen LogP contribution in [0.15, 0.2) is 48.5 Å². The van der Waals surface area contributed by atoms with Gasteiger partial charge in [0.05, 0.1) is 12.1 Å². The molecule has 28 heavy (non-hydrogen) atoms. The zero-order valence-corrected chi connectivity index (χ0v) is 16.1. The van der Waals surface area contributed by atoms with Crippen LogP contribution in [0.5, 0.6) is 0 Å². The molecule has 0 aliphatic rings. The predicted octanol–water partition coefficient (Wildman–Crippen LogP) is 4.95. The lowest BCUT2D eigenvalue weighted by Crippen LogP contribution is -2.35. The maximum absolute atomic E-state index is 12.6. The van der Waals surface area contributed by atoms with Gasteiger partial charge in [-0.2, -0.15) is 13.2 Å². The molecular formula is C20H20ClF3N2O2. The number of alkyl halides is 3.